The Balaban J connectivity index is 2.74. The standard InChI is InChI=1S/C13H18N2O/c1-9(2)13(16)15-14-8-12-10(3)6-5-7-11(12)4/h5-9H,1-4H3,(H,15,16)/b14-8+. The summed E-state index contributed by atoms with van der Waals surface area (Å²) >= 11 is 0. The summed E-state index contributed by atoms with van der Waals surface area (Å²) in [6.45, 7) is 7.73. The molecule has 0 fully saturated rings. The number of nitrogens with one attached hydrogen (secondary N) is 1. The summed E-state index contributed by atoms with van der Waals surface area (Å²) < 4.78 is 0. The molecule has 0 saturated heterocycles. The van der Waals surface area contributed by atoms with Gasteiger partial charge in [-0.3, -0.25) is 4.79 Å². The number of amides is 1. The highest BCUT2D eigenvalue weighted by atomic mass is 16.2. The highest BCUT2D eigenvalue weighted by Crippen LogP contribution is 2.10. The van der Waals surface area contributed by atoms with Gasteiger partial charge in [-0.15, -0.1) is 0 Å². The molecule has 0 aromatic heterocycles. The van der Waals surface area contributed by atoms with Crippen LogP contribution in [0.25, 0.3) is 0 Å². The SMILES string of the molecule is Cc1cccc(C)c1/C=N/NC(=O)C(C)C. The lowest BCUT2D eigenvalue weighted by atomic mass is 10.0. The summed E-state index contributed by atoms with van der Waals surface area (Å²) in [6, 6.07) is 6.06. The molecule has 1 N–H and O–H groups in total. The van der Waals surface area contributed by atoms with Crippen LogP contribution >= 0.6 is 0 Å². The maximum absolute atomic E-state index is 11.3. The Kier molecular flexibility index (Phi) is 4.23. The monoisotopic (exact) mass is 218 g/mol. The Labute approximate surface area is 96.6 Å². The lowest BCUT2D eigenvalue weighted by molar-refractivity contribution is -0.123. The molecule has 1 rings (SSSR count). The second-order valence-corrected chi connectivity index (χ2v) is 4.19. The third-order valence-corrected chi connectivity index (χ3v) is 2.43. The van der Waals surface area contributed by atoms with Gasteiger partial charge in [-0.25, -0.2) is 5.43 Å². The third-order valence-electron chi connectivity index (χ3n) is 2.43. The zero-order chi connectivity index (χ0) is 12.1. The van der Waals surface area contributed by atoms with E-state index in [4.69, 9.17) is 0 Å². The van der Waals surface area contributed by atoms with Crippen molar-refractivity contribution in [3.63, 3.8) is 0 Å². The zero-order valence-electron chi connectivity index (χ0n) is 10.2. The molecule has 0 heterocycles. The minimum absolute atomic E-state index is 0.0462. The van der Waals surface area contributed by atoms with Crippen molar-refractivity contribution in [1.29, 1.82) is 0 Å². The molecule has 0 bridgehead atoms. The molecule has 0 saturated carbocycles. The maximum Gasteiger partial charge on any atom is 0.242 e. The van der Waals surface area contributed by atoms with Crippen LogP contribution in [0.15, 0.2) is 23.3 Å². The number of hydrogen-bond donors (Lipinski definition) is 1. The Morgan fingerprint density at radius 1 is 1.31 bits per heavy atom. The van der Waals surface area contributed by atoms with E-state index < -0.39 is 0 Å². The van der Waals surface area contributed by atoms with E-state index in [-0.39, 0.29) is 11.8 Å². The van der Waals surface area contributed by atoms with E-state index in [0.717, 1.165) is 16.7 Å². The van der Waals surface area contributed by atoms with Gasteiger partial charge in [0.2, 0.25) is 5.91 Å². The number of nitrogens with zero attached hydrogens (tertiary/aromatic N) is 1. The van der Waals surface area contributed by atoms with E-state index in [2.05, 4.69) is 10.5 Å². The maximum atomic E-state index is 11.3. The molecule has 0 aliphatic carbocycles. The molecule has 3 heteroatoms. The Hall–Kier alpha value is -1.64. The van der Waals surface area contributed by atoms with E-state index in [1.807, 2.05) is 45.9 Å². The fourth-order valence-corrected chi connectivity index (χ4v) is 1.32. The Bertz CT molecular complexity index is 388. The van der Waals surface area contributed by atoms with Gasteiger partial charge in [0.1, 0.15) is 0 Å². The van der Waals surface area contributed by atoms with Crippen molar-refractivity contribution in [1.82, 2.24) is 5.43 Å². The van der Waals surface area contributed by atoms with Gasteiger partial charge >= 0.3 is 0 Å². The first-order valence-electron chi connectivity index (χ1n) is 5.41. The zero-order valence-corrected chi connectivity index (χ0v) is 10.2. The topological polar surface area (TPSA) is 41.5 Å². The molecule has 0 aliphatic heterocycles. The molecule has 16 heavy (non-hydrogen) atoms. The summed E-state index contributed by atoms with van der Waals surface area (Å²) in [5.74, 6) is -0.113. The molecular formula is C13H18N2O. The number of carbonyl (C=O) groups is 1. The van der Waals surface area contributed by atoms with Gasteiger partial charge in [0.15, 0.2) is 0 Å². The molecule has 0 unspecified atom stereocenters. The Morgan fingerprint density at radius 2 is 1.88 bits per heavy atom. The van der Waals surface area contributed by atoms with Crippen LogP contribution in [0.5, 0.6) is 0 Å². The second kappa shape index (κ2) is 5.45. The number of aryl methyl sites for hydroxylation is 2. The van der Waals surface area contributed by atoms with Crippen molar-refractivity contribution in [2.75, 3.05) is 0 Å². The summed E-state index contributed by atoms with van der Waals surface area (Å²) in [6.07, 6.45) is 1.70. The minimum atomic E-state index is -0.0671. The first kappa shape index (κ1) is 12.4. The fourth-order valence-electron chi connectivity index (χ4n) is 1.32. The molecule has 0 radical (unpaired) electrons. The summed E-state index contributed by atoms with van der Waals surface area (Å²) in [5.41, 5.74) is 5.89. The fraction of sp³-hybridized carbons (Fsp3) is 0.385. The molecule has 1 amide bonds. The molecule has 1 aromatic carbocycles. The molecule has 0 aliphatic rings. The van der Waals surface area contributed by atoms with E-state index in [9.17, 15) is 4.79 Å². The van der Waals surface area contributed by atoms with Crippen LogP contribution in [-0.2, 0) is 4.79 Å². The van der Waals surface area contributed by atoms with Crippen LogP contribution in [0.2, 0.25) is 0 Å². The number of rotatable bonds is 3. The van der Waals surface area contributed by atoms with Crippen molar-refractivity contribution in [3.8, 4) is 0 Å². The molecule has 86 valence electrons. The summed E-state index contributed by atoms with van der Waals surface area (Å²) in [4.78, 5) is 11.3. The van der Waals surface area contributed by atoms with E-state index >= 15 is 0 Å². The predicted octanol–water partition coefficient (Wildman–Crippen LogP) is 2.41. The van der Waals surface area contributed by atoms with Gasteiger partial charge in [-0.1, -0.05) is 32.0 Å². The van der Waals surface area contributed by atoms with Crippen LogP contribution in [0.1, 0.15) is 30.5 Å². The largest absolute Gasteiger partial charge is 0.273 e. The molecular weight excluding hydrogens is 200 g/mol. The number of hydrazone groups is 1. The Morgan fingerprint density at radius 3 is 2.38 bits per heavy atom. The van der Waals surface area contributed by atoms with Crippen molar-refractivity contribution in [2.45, 2.75) is 27.7 Å². The van der Waals surface area contributed by atoms with E-state index in [1.165, 1.54) is 0 Å². The summed E-state index contributed by atoms with van der Waals surface area (Å²) in [7, 11) is 0. The second-order valence-electron chi connectivity index (χ2n) is 4.19. The highest BCUT2D eigenvalue weighted by molar-refractivity contribution is 5.85. The lowest BCUT2D eigenvalue weighted by Crippen LogP contribution is -2.22. The van der Waals surface area contributed by atoms with Crippen molar-refractivity contribution >= 4 is 12.1 Å². The quantitative estimate of drug-likeness (QED) is 0.614. The van der Waals surface area contributed by atoms with Crippen molar-refractivity contribution in [3.05, 3.63) is 34.9 Å². The molecule has 0 spiro atoms. The highest BCUT2D eigenvalue weighted by Gasteiger charge is 2.04. The molecule has 0 atom stereocenters. The van der Waals surface area contributed by atoms with Crippen molar-refractivity contribution in [2.24, 2.45) is 11.0 Å². The van der Waals surface area contributed by atoms with Gasteiger partial charge in [0.05, 0.1) is 6.21 Å². The van der Waals surface area contributed by atoms with Gasteiger partial charge in [0.25, 0.3) is 0 Å². The number of benzene rings is 1. The van der Waals surface area contributed by atoms with Gasteiger partial charge in [-0.2, -0.15) is 5.10 Å². The van der Waals surface area contributed by atoms with Crippen LogP contribution in [-0.4, -0.2) is 12.1 Å². The normalized spacial score (nSPS) is 11.1. The van der Waals surface area contributed by atoms with Crippen LogP contribution in [0.3, 0.4) is 0 Å². The van der Waals surface area contributed by atoms with E-state index in [0.29, 0.717) is 0 Å². The lowest BCUT2D eigenvalue weighted by Gasteiger charge is -2.04. The first-order chi connectivity index (χ1) is 7.52. The summed E-state index contributed by atoms with van der Waals surface area (Å²) in [5, 5.41) is 3.96. The third kappa shape index (κ3) is 3.19. The van der Waals surface area contributed by atoms with Gasteiger partial charge in [-0.05, 0) is 25.0 Å². The van der Waals surface area contributed by atoms with Gasteiger partial charge in [0, 0.05) is 11.5 Å². The number of hydrogen-bond acceptors (Lipinski definition) is 2. The van der Waals surface area contributed by atoms with Crippen LogP contribution in [0.4, 0.5) is 0 Å². The smallest absolute Gasteiger partial charge is 0.242 e. The molecule has 3 nitrogen and oxygen atoms in total. The average Bonchev–Trinajstić information content (AvgIpc) is 2.22. The predicted molar refractivity (Wildman–Crippen MR) is 66.5 cm³/mol. The van der Waals surface area contributed by atoms with Crippen LogP contribution < -0.4 is 5.43 Å². The average molecular weight is 218 g/mol. The molecule has 1 aromatic rings. The number of carbonyl (C=O) groups excluding carboxylic acids is 1. The van der Waals surface area contributed by atoms with Gasteiger partial charge < -0.3 is 0 Å². The van der Waals surface area contributed by atoms with Crippen molar-refractivity contribution < 1.29 is 4.79 Å². The van der Waals surface area contributed by atoms with Crippen LogP contribution in [0, 0.1) is 19.8 Å². The van der Waals surface area contributed by atoms with E-state index in [1.54, 1.807) is 6.21 Å². The first-order valence-corrected chi connectivity index (χ1v) is 5.41. The minimum Gasteiger partial charge on any atom is -0.273 e.